The Kier molecular flexibility index (Phi) is 3.77. The highest BCUT2D eigenvalue weighted by Crippen LogP contribution is 2.14. The van der Waals surface area contributed by atoms with E-state index in [2.05, 4.69) is 17.4 Å². The number of rotatable bonds is 4. The van der Waals surface area contributed by atoms with Crippen molar-refractivity contribution in [2.75, 3.05) is 13.7 Å². The SMILES string of the molecule is CN[C@@H](CCO)c1ccccc1. The molecule has 1 rings (SSSR count). The molecule has 2 nitrogen and oxygen atoms in total. The van der Waals surface area contributed by atoms with Gasteiger partial charge in [-0.25, -0.2) is 0 Å². The third kappa shape index (κ3) is 2.32. The average molecular weight is 165 g/mol. The summed E-state index contributed by atoms with van der Waals surface area (Å²) in [6.07, 6.45) is 0.764. The summed E-state index contributed by atoms with van der Waals surface area (Å²) in [6, 6.07) is 10.4. The first-order chi connectivity index (χ1) is 5.88. The van der Waals surface area contributed by atoms with E-state index >= 15 is 0 Å². The fourth-order valence-electron chi connectivity index (χ4n) is 1.29. The van der Waals surface area contributed by atoms with Crippen LogP contribution in [0.1, 0.15) is 18.0 Å². The molecule has 1 aromatic carbocycles. The van der Waals surface area contributed by atoms with Crippen LogP contribution in [0.5, 0.6) is 0 Å². The number of hydrogen-bond acceptors (Lipinski definition) is 2. The van der Waals surface area contributed by atoms with Gasteiger partial charge in [-0.1, -0.05) is 30.3 Å². The largest absolute Gasteiger partial charge is 0.396 e. The molecule has 1 aromatic rings. The van der Waals surface area contributed by atoms with E-state index in [4.69, 9.17) is 5.11 Å². The lowest BCUT2D eigenvalue weighted by molar-refractivity contribution is 0.269. The smallest absolute Gasteiger partial charge is 0.0449 e. The second-order valence-corrected chi connectivity index (χ2v) is 2.76. The van der Waals surface area contributed by atoms with Gasteiger partial charge in [0.25, 0.3) is 0 Å². The predicted octanol–water partition coefficient (Wildman–Crippen LogP) is 1.33. The molecule has 0 aliphatic carbocycles. The summed E-state index contributed by atoms with van der Waals surface area (Å²) in [6.45, 7) is 0.223. The first-order valence-electron chi connectivity index (χ1n) is 4.21. The standard InChI is InChI=1S/C10H15NO/c1-11-10(7-8-12)9-5-3-2-4-6-9/h2-6,10-12H,7-8H2,1H3/t10-/m0/s1. The van der Waals surface area contributed by atoms with Crippen LogP contribution in [-0.2, 0) is 0 Å². The second kappa shape index (κ2) is 4.91. The van der Waals surface area contributed by atoms with Crippen molar-refractivity contribution >= 4 is 0 Å². The molecule has 0 fully saturated rings. The first-order valence-corrected chi connectivity index (χ1v) is 4.21. The number of hydrogen-bond donors (Lipinski definition) is 2. The molecule has 2 N–H and O–H groups in total. The lowest BCUT2D eigenvalue weighted by atomic mass is 10.0. The molecule has 0 aromatic heterocycles. The van der Waals surface area contributed by atoms with Crippen molar-refractivity contribution in [3.8, 4) is 0 Å². The molecular weight excluding hydrogens is 150 g/mol. The van der Waals surface area contributed by atoms with Crippen LogP contribution >= 0.6 is 0 Å². The summed E-state index contributed by atoms with van der Waals surface area (Å²) < 4.78 is 0. The Morgan fingerprint density at radius 2 is 2.00 bits per heavy atom. The average Bonchev–Trinajstić information content (AvgIpc) is 2.15. The molecule has 66 valence electrons. The van der Waals surface area contributed by atoms with Crippen LogP contribution in [0.15, 0.2) is 30.3 Å². The molecule has 0 spiro atoms. The maximum atomic E-state index is 8.79. The topological polar surface area (TPSA) is 32.3 Å². The monoisotopic (exact) mass is 165 g/mol. The predicted molar refractivity (Wildman–Crippen MR) is 49.9 cm³/mol. The summed E-state index contributed by atoms with van der Waals surface area (Å²) >= 11 is 0. The fourth-order valence-corrected chi connectivity index (χ4v) is 1.29. The molecule has 0 amide bonds. The van der Waals surface area contributed by atoms with E-state index in [1.807, 2.05) is 25.2 Å². The van der Waals surface area contributed by atoms with E-state index in [9.17, 15) is 0 Å². The molecule has 0 heterocycles. The normalized spacial score (nSPS) is 12.8. The van der Waals surface area contributed by atoms with Crippen molar-refractivity contribution in [3.63, 3.8) is 0 Å². The van der Waals surface area contributed by atoms with Gasteiger partial charge in [-0.2, -0.15) is 0 Å². The van der Waals surface area contributed by atoms with Crippen molar-refractivity contribution in [1.29, 1.82) is 0 Å². The zero-order chi connectivity index (χ0) is 8.81. The fraction of sp³-hybridized carbons (Fsp3) is 0.400. The van der Waals surface area contributed by atoms with Gasteiger partial charge in [0.2, 0.25) is 0 Å². The number of aliphatic hydroxyl groups is 1. The molecule has 2 heteroatoms. The van der Waals surface area contributed by atoms with Crippen LogP contribution in [0.25, 0.3) is 0 Å². The first kappa shape index (κ1) is 9.23. The lowest BCUT2D eigenvalue weighted by Crippen LogP contribution is -2.17. The highest BCUT2D eigenvalue weighted by Gasteiger charge is 2.05. The quantitative estimate of drug-likeness (QED) is 0.705. The van der Waals surface area contributed by atoms with E-state index in [1.165, 1.54) is 5.56 Å². The summed E-state index contributed by atoms with van der Waals surface area (Å²) in [5.74, 6) is 0. The van der Waals surface area contributed by atoms with Gasteiger partial charge in [0.05, 0.1) is 0 Å². The maximum absolute atomic E-state index is 8.79. The Hall–Kier alpha value is -0.860. The Balaban J connectivity index is 2.66. The number of nitrogens with one attached hydrogen (secondary N) is 1. The molecule has 0 bridgehead atoms. The molecule has 0 radical (unpaired) electrons. The van der Waals surface area contributed by atoms with Gasteiger partial charge < -0.3 is 10.4 Å². The van der Waals surface area contributed by atoms with E-state index < -0.39 is 0 Å². The Bertz CT molecular complexity index is 210. The molecule has 0 unspecified atom stereocenters. The Morgan fingerprint density at radius 3 is 2.50 bits per heavy atom. The maximum Gasteiger partial charge on any atom is 0.0449 e. The van der Waals surface area contributed by atoms with Crippen LogP contribution in [-0.4, -0.2) is 18.8 Å². The third-order valence-electron chi connectivity index (χ3n) is 1.97. The summed E-state index contributed by atoms with van der Waals surface area (Å²) in [7, 11) is 1.91. The highest BCUT2D eigenvalue weighted by molar-refractivity contribution is 5.18. The summed E-state index contributed by atoms with van der Waals surface area (Å²) in [4.78, 5) is 0. The molecule has 0 aliphatic rings. The zero-order valence-corrected chi connectivity index (χ0v) is 7.33. The van der Waals surface area contributed by atoms with E-state index in [-0.39, 0.29) is 12.6 Å². The third-order valence-corrected chi connectivity index (χ3v) is 1.97. The van der Waals surface area contributed by atoms with Gasteiger partial charge >= 0.3 is 0 Å². The Morgan fingerprint density at radius 1 is 1.33 bits per heavy atom. The van der Waals surface area contributed by atoms with Gasteiger partial charge in [-0.15, -0.1) is 0 Å². The molecule has 0 aliphatic heterocycles. The lowest BCUT2D eigenvalue weighted by Gasteiger charge is -2.14. The van der Waals surface area contributed by atoms with Gasteiger partial charge in [0.1, 0.15) is 0 Å². The minimum absolute atomic E-state index is 0.223. The van der Waals surface area contributed by atoms with Gasteiger partial charge in [-0.05, 0) is 19.0 Å². The van der Waals surface area contributed by atoms with Crippen molar-refractivity contribution in [1.82, 2.24) is 5.32 Å². The summed E-state index contributed by atoms with van der Waals surface area (Å²) in [5, 5.41) is 11.9. The van der Waals surface area contributed by atoms with E-state index in [0.717, 1.165) is 6.42 Å². The molecule has 0 saturated carbocycles. The van der Waals surface area contributed by atoms with Crippen LogP contribution in [0.3, 0.4) is 0 Å². The van der Waals surface area contributed by atoms with Crippen molar-refractivity contribution in [2.45, 2.75) is 12.5 Å². The van der Waals surface area contributed by atoms with Crippen molar-refractivity contribution in [2.24, 2.45) is 0 Å². The highest BCUT2D eigenvalue weighted by atomic mass is 16.3. The van der Waals surface area contributed by atoms with E-state index in [0.29, 0.717) is 0 Å². The van der Waals surface area contributed by atoms with E-state index in [1.54, 1.807) is 0 Å². The molecule has 1 atom stereocenters. The van der Waals surface area contributed by atoms with Crippen molar-refractivity contribution in [3.05, 3.63) is 35.9 Å². The second-order valence-electron chi connectivity index (χ2n) is 2.76. The van der Waals surface area contributed by atoms with Gasteiger partial charge in [-0.3, -0.25) is 0 Å². The molecule has 0 saturated heterocycles. The minimum atomic E-state index is 0.223. The minimum Gasteiger partial charge on any atom is -0.396 e. The van der Waals surface area contributed by atoms with Crippen LogP contribution in [0.2, 0.25) is 0 Å². The molecular formula is C10H15NO. The Labute approximate surface area is 73.2 Å². The molecule has 12 heavy (non-hydrogen) atoms. The zero-order valence-electron chi connectivity index (χ0n) is 7.33. The summed E-state index contributed by atoms with van der Waals surface area (Å²) in [5.41, 5.74) is 1.23. The van der Waals surface area contributed by atoms with Crippen LogP contribution < -0.4 is 5.32 Å². The number of aliphatic hydroxyl groups excluding tert-OH is 1. The van der Waals surface area contributed by atoms with Gasteiger partial charge in [0.15, 0.2) is 0 Å². The van der Waals surface area contributed by atoms with Crippen LogP contribution in [0, 0.1) is 0 Å². The van der Waals surface area contributed by atoms with Crippen molar-refractivity contribution < 1.29 is 5.11 Å². The number of benzene rings is 1. The van der Waals surface area contributed by atoms with Gasteiger partial charge in [0, 0.05) is 12.6 Å². The van der Waals surface area contributed by atoms with Crippen LogP contribution in [0.4, 0.5) is 0 Å².